The van der Waals surface area contributed by atoms with Crippen molar-refractivity contribution in [3.05, 3.63) is 35.6 Å². The molecule has 0 bridgehead atoms. The lowest BCUT2D eigenvalue weighted by molar-refractivity contribution is 0.0268. The van der Waals surface area contributed by atoms with Gasteiger partial charge in [0.25, 0.3) is 0 Å². The molecule has 7 heteroatoms. The second kappa shape index (κ2) is 11.9. The zero-order valence-electron chi connectivity index (χ0n) is 14.2. The fourth-order valence-electron chi connectivity index (χ4n) is 1.63. The summed E-state index contributed by atoms with van der Waals surface area (Å²) in [7, 11) is 3.43. The van der Waals surface area contributed by atoms with E-state index in [1.165, 1.54) is 6.07 Å². The summed E-state index contributed by atoms with van der Waals surface area (Å²) in [6.07, 6.45) is 0. The minimum absolute atomic E-state index is 0. The average Bonchev–Trinajstić information content (AvgIpc) is 2.51. The molecule has 0 aromatic heterocycles. The standard InChI is InChI=1S/C16H26FN3OS.HI/c1-16(2,21-4)12-20-15(18-3)19-9-10-22-11-13-7-5-6-8-14(13)17;/h5-8H,9-12H2,1-4H3,(H2,18,19,20);1H. The van der Waals surface area contributed by atoms with Gasteiger partial charge < -0.3 is 15.4 Å². The molecule has 0 spiro atoms. The van der Waals surface area contributed by atoms with Gasteiger partial charge in [0.05, 0.1) is 5.60 Å². The van der Waals surface area contributed by atoms with Crippen LogP contribution in [-0.2, 0) is 10.5 Å². The van der Waals surface area contributed by atoms with Crippen LogP contribution in [0.4, 0.5) is 4.39 Å². The van der Waals surface area contributed by atoms with Crippen LogP contribution >= 0.6 is 35.7 Å². The van der Waals surface area contributed by atoms with Crippen molar-refractivity contribution in [1.82, 2.24) is 10.6 Å². The molecule has 0 aliphatic rings. The van der Waals surface area contributed by atoms with Gasteiger partial charge in [0.1, 0.15) is 5.82 Å². The van der Waals surface area contributed by atoms with Crippen LogP contribution in [0.1, 0.15) is 19.4 Å². The van der Waals surface area contributed by atoms with Crippen LogP contribution in [0, 0.1) is 5.82 Å². The maximum absolute atomic E-state index is 13.5. The zero-order valence-corrected chi connectivity index (χ0v) is 17.3. The largest absolute Gasteiger partial charge is 0.377 e. The lowest BCUT2D eigenvalue weighted by Crippen LogP contribution is -2.45. The van der Waals surface area contributed by atoms with Gasteiger partial charge in [-0.1, -0.05) is 18.2 Å². The molecule has 0 radical (unpaired) electrons. The molecule has 1 aromatic carbocycles. The van der Waals surface area contributed by atoms with Gasteiger partial charge in [-0.25, -0.2) is 4.39 Å². The number of hydrogen-bond donors (Lipinski definition) is 2. The number of hydrogen-bond acceptors (Lipinski definition) is 3. The van der Waals surface area contributed by atoms with Crippen LogP contribution < -0.4 is 10.6 Å². The summed E-state index contributed by atoms with van der Waals surface area (Å²) >= 11 is 1.69. The Bertz CT molecular complexity index is 486. The minimum atomic E-state index is -0.239. The van der Waals surface area contributed by atoms with Crippen molar-refractivity contribution in [1.29, 1.82) is 0 Å². The molecule has 0 fully saturated rings. The summed E-state index contributed by atoms with van der Waals surface area (Å²) in [5, 5.41) is 6.46. The molecule has 0 saturated heterocycles. The van der Waals surface area contributed by atoms with Crippen molar-refractivity contribution in [3.8, 4) is 0 Å². The third-order valence-corrected chi connectivity index (χ3v) is 4.22. The highest BCUT2D eigenvalue weighted by Crippen LogP contribution is 2.14. The van der Waals surface area contributed by atoms with Gasteiger partial charge in [-0.15, -0.1) is 24.0 Å². The Morgan fingerprint density at radius 1 is 1.30 bits per heavy atom. The zero-order chi connectivity index (χ0) is 16.4. The summed E-state index contributed by atoms with van der Waals surface area (Å²) in [4.78, 5) is 4.16. The van der Waals surface area contributed by atoms with E-state index in [0.717, 1.165) is 23.8 Å². The fourth-order valence-corrected chi connectivity index (χ4v) is 2.47. The van der Waals surface area contributed by atoms with E-state index < -0.39 is 0 Å². The number of aliphatic imine (C=N–C) groups is 1. The predicted molar refractivity (Wildman–Crippen MR) is 108 cm³/mol. The van der Waals surface area contributed by atoms with Crippen molar-refractivity contribution in [2.75, 3.05) is 33.0 Å². The van der Waals surface area contributed by atoms with Crippen LogP contribution in [0.3, 0.4) is 0 Å². The molecule has 1 rings (SSSR count). The Morgan fingerprint density at radius 2 is 2.00 bits per heavy atom. The number of guanidine groups is 1. The Labute approximate surface area is 160 Å². The van der Waals surface area contributed by atoms with Gasteiger partial charge in [-0.3, -0.25) is 4.99 Å². The number of ether oxygens (including phenoxy) is 1. The van der Waals surface area contributed by atoms with Gasteiger partial charge in [0, 0.05) is 38.8 Å². The Morgan fingerprint density at radius 3 is 2.61 bits per heavy atom. The second-order valence-electron chi connectivity index (χ2n) is 5.46. The van der Waals surface area contributed by atoms with E-state index in [1.54, 1.807) is 32.0 Å². The van der Waals surface area contributed by atoms with Gasteiger partial charge in [-0.05, 0) is 25.5 Å². The van der Waals surface area contributed by atoms with Crippen LogP contribution in [0.15, 0.2) is 29.3 Å². The number of methoxy groups -OCH3 is 1. The van der Waals surface area contributed by atoms with Gasteiger partial charge in [-0.2, -0.15) is 11.8 Å². The van der Waals surface area contributed by atoms with E-state index in [-0.39, 0.29) is 35.4 Å². The van der Waals surface area contributed by atoms with E-state index in [1.807, 2.05) is 26.0 Å². The molecular weight excluding hydrogens is 428 g/mol. The lowest BCUT2D eigenvalue weighted by Gasteiger charge is -2.24. The quantitative estimate of drug-likeness (QED) is 0.274. The number of halogens is 2. The van der Waals surface area contributed by atoms with Crippen LogP contribution in [-0.4, -0.2) is 44.6 Å². The Hall–Kier alpha value is -0.540. The molecule has 132 valence electrons. The molecule has 2 N–H and O–H groups in total. The first-order valence-corrected chi connectivity index (χ1v) is 8.45. The van der Waals surface area contributed by atoms with Crippen LogP contribution in [0.2, 0.25) is 0 Å². The highest BCUT2D eigenvalue weighted by atomic mass is 127. The molecular formula is C16H27FIN3OS. The number of rotatable bonds is 8. The molecule has 0 amide bonds. The SMILES string of the molecule is CN=C(NCCSCc1ccccc1F)NCC(C)(C)OC.I. The first kappa shape index (κ1) is 22.5. The molecule has 1 aromatic rings. The second-order valence-corrected chi connectivity index (χ2v) is 6.57. The molecule has 23 heavy (non-hydrogen) atoms. The smallest absolute Gasteiger partial charge is 0.191 e. The highest BCUT2D eigenvalue weighted by Gasteiger charge is 2.16. The molecule has 0 heterocycles. The normalized spacial score (nSPS) is 11.8. The molecule has 0 unspecified atom stereocenters. The van der Waals surface area contributed by atoms with E-state index in [0.29, 0.717) is 12.3 Å². The fraction of sp³-hybridized carbons (Fsp3) is 0.562. The number of thioether (sulfide) groups is 1. The van der Waals surface area contributed by atoms with Gasteiger partial charge >= 0.3 is 0 Å². The third kappa shape index (κ3) is 9.36. The maximum atomic E-state index is 13.5. The summed E-state index contributed by atoms with van der Waals surface area (Å²) < 4.78 is 18.8. The average molecular weight is 455 g/mol. The summed E-state index contributed by atoms with van der Waals surface area (Å²) in [5.74, 6) is 2.17. The minimum Gasteiger partial charge on any atom is -0.377 e. The van der Waals surface area contributed by atoms with Gasteiger partial charge in [0.2, 0.25) is 0 Å². The van der Waals surface area contributed by atoms with Crippen LogP contribution in [0.5, 0.6) is 0 Å². The summed E-state index contributed by atoms with van der Waals surface area (Å²) in [6, 6.07) is 6.89. The molecule has 0 aliphatic heterocycles. The Kier molecular flexibility index (Phi) is 11.6. The highest BCUT2D eigenvalue weighted by molar-refractivity contribution is 14.0. The van der Waals surface area contributed by atoms with Crippen molar-refractivity contribution in [2.24, 2.45) is 4.99 Å². The van der Waals surface area contributed by atoms with E-state index in [2.05, 4.69) is 15.6 Å². The maximum Gasteiger partial charge on any atom is 0.191 e. The summed E-state index contributed by atoms with van der Waals surface area (Å²) in [5.41, 5.74) is 0.508. The van der Waals surface area contributed by atoms with E-state index >= 15 is 0 Å². The molecule has 4 nitrogen and oxygen atoms in total. The molecule has 0 aliphatic carbocycles. The molecule has 0 saturated carbocycles. The van der Waals surface area contributed by atoms with Crippen molar-refractivity contribution in [2.45, 2.75) is 25.2 Å². The number of nitrogens with one attached hydrogen (secondary N) is 2. The van der Waals surface area contributed by atoms with E-state index in [9.17, 15) is 4.39 Å². The summed E-state index contributed by atoms with van der Waals surface area (Å²) in [6.45, 7) is 5.47. The van der Waals surface area contributed by atoms with Crippen LogP contribution in [0.25, 0.3) is 0 Å². The Balaban J connectivity index is 0.00000484. The molecule has 0 atom stereocenters. The van der Waals surface area contributed by atoms with E-state index in [4.69, 9.17) is 4.74 Å². The topological polar surface area (TPSA) is 45.7 Å². The van der Waals surface area contributed by atoms with Gasteiger partial charge in [0.15, 0.2) is 5.96 Å². The number of nitrogens with zero attached hydrogens (tertiary/aromatic N) is 1. The van der Waals surface area contributed by atoms with Crippen molar-refractivity contribution < 1.29 is 9.13 Å². The monoisotopic (exact) mass is 455 g/mol. The third-order valence-electron chi connectivity index (χ3n) is 3.21. The first-order chi connectivity index (χ1) is 10.5. The van der Waals surface area contributed by atoms with Crippen molar-refractivity contribution >= 4 is 41.7 Å². The predicted octanol–water partition coefficient (Wildman–Crippen LogP) is 3.27. The lowest BCUT2D eigenvalue weighted by atomic mass is 10.1. The van der Waals surface area contributed by atoms with Crippen molar-refractivity contribution in [3.63, 3.8) is 0 Å². The number of benzene rings is 1. The first-order valence-electron chi connectivity index (χ1n) is 7.29.